The average molecular weight is 381 g/mol. The number of aliphatic hydroxyl groups excluding tert-OH is 1. The minimum Gasteiger partial charge on any atom is -0.507 e. The third kappa shape index (κ3) is 3.35. The van der Waals surface area contributed by atoms with E-state index in [0.717, 1.165) is 49.0 Å². The summed E-state index contributed by atoms with van der Waals surface area (Å²) in [5, 5.41) is 33.3. The molecular formula is C22H27N3O3. The number of phenols is 1. The molecule has 3 aliphatic rings. The summed E-state index contributed by atoms with van der Waals surface area (Å²) in [6, 6.07) is 5.94. The van der Waals surface area contributed by atoms with Gasteiger partial charge in [-0.2, -0.15) is 0 Å². The fourth-order valence-corrected chi connectivity index (χ4v) is 4.49. The molecule has 0 bridgehead atoms. The van der Waals surface area contributed by atoms with Gasteiger partial charge in [0.2, 0.25) is 0 Å². The van der Waals surface area contributed by atoms with Gasteiger partial charge in [-0.25, -0.2) is 0 Å². The van der Waals surface area contributed by atoms with Crippen molar-refractivity contribution in [1.82, 2.24) is 10.2 Å². The van der Waals surface area contributed by atoms with Crippen molar-refractivity contribution in [3.05, 3.63) is 34.9 Å². The lowest BCUT2D eigenvalue weighted by atomic mass is 9.92. The Morgan fingerprint density at radius 3 is 2.68 bits per heavy atom. The van der Waals surface area contributed by atoms with E-state index < -0.39 is 0 Å². The molecule has 0 amide bonds. The summed E-state index contributed by atoms with van der Waals surface area (Å²) < 4.78 is 5.71. The van der Waals surface area contributed by atoms with Crippen LogP contribution in [0.1, 0.15) is 61.1 Å². The maximum Gasteiger partial charge on any atom is 0.152 e. The van der Waals surface area contributed by atoms with E-state index in [1.54, 1.807) is 0 Å². The van der Waals surface area contributed by atoms with Crippen molar-refractivity contribution in [3.63, 3.8) is 0 Å². The van der Waals surface area contributed by atoms with Gasteiger partial charge in [-0.05, 0) is 55.7 Å². The lowest BCUT2D eigenvalue weighted by Crippen LogP contribution is -2.37. The zero-order valence-electron chi connectivity index (χ0n) is 16.0. The molecule has 2 atom stereocenters. The van der Waals surface area contributed by atoms with Crippen molar-refractivity contribution < 1.29 is 14.9 Å². The first-order valence-corrected chi connectivity index (χ1v) is 10.4. The third-order valence-electron chi connectivity index (χ3n) is 6.31. The van der Waals surface area contributed by atoms with Crippen LogP contribution >= 0.6 is 0 Å². The van der Waals surface area contributed by atoms with E-state index in [2.05, 4.69) is 21.6 Å². The molecule has 6 heteroatoms. The first kappa shape index (κ1) is 17.9. The SMILES string of the molecule is Oc1cc(C2CC2)ccc1-c1nnc(N[C@@H]2CCCC[C@H]2O)c2c1COCC2. The number of hydrogen-bond acceptors (Lipinski definition) is 6. The minimum absolute atomic E-state index is 0.0204. The van der Waals surface area contributed by atoms with Gasteiger partial charge in [-0.15, -0.1) is 10.2 Å². The van der Waals surface area contributed by atoms with Gasteiger partial charge >= 0.3 is 0 Å². The van der Waals surface area contributed by atoms with Gasteiger partial charge < -0.3 is 20.3 Å². The molecule has 2 aliphatic carbocycles. The maximum atomic E-state index is 10.6. The van der Waals surface area contributed by atoms with Crippen molar-refractivity contribution in [1.29, 1.82) is 0 Å². The van der Waals surface area contributed by atoms with Crippen molar-refractivity contribution >= 4 is 5.82 Å². The van der Waals surface area contributed by atoms with E-state index in [1.807, 2.05) is 12.1 Å². The van der Waals surface area contributed by atoms with Gasteiger partial charge in [-0.3, -0.25) is 0 Å². The van der Waals surface area contributed by atoms with Crippen LogP contribution in [0, 0.1) is 0 Å². The summed E-state index contributed by atoms with van der Waals surface area (Å²) in [5.41, 5.74) is 4.69. The monoisotopic (exact) mass is 381 g/mol. The van der Waals surface area contributed by atoms with Crippen LogP contribution in [0.15, 0.2) is 18.2 Å². The Kier molecular flexibility index (Phi) is 4.69. The van der Waals surface area contributed by atoms with Crippen LogP contribution in [0.25, 0.3) is 11.3 Å². The standard InChI is InChI=1S/C22H27N3O3/c26-19-4-2-1-3-18(19)23-22-15-9-10-28-12-17(15)21(24-25-22)16-8-7-14(11-20(16)27)13-5-6-13/h7-8,11,13,18-19,26-27H,1-6,9-10,12H2,(H,23,25)/t18-,19-/m1/s1. The van der Waals surface area contributed by atoms with Gasteiger partial charge in [-0.1, -0.05) is 18.9 Å². The fourth-order valence-electron chi connectivity index (χ4n) is 4.49. The predicted octanol–water partition coefficient (Wildman–Crippen LogP) is 3.51. The summed E-state index contributed by atoms with van der Waals surface area (Å²) in [6.45, 7) is 1.11. The lowest BCUT2D eigenvalue weighted by molar-refractivity contribution is 0.109. The Balaban J connectivity index is 1.50. The molecule has 6 nitrogen and oxygen atoms in total. The molecule has 0 spiro atoms. The van der Waals surface area contributed by atoms with Gasteiger partial charge in [0, 0.05) is 16.7 Å². The topological polar surface area (TPSA) is 87.5 Å². The lowest BCUT2D eigenvalue weighted by Gasteiger charge is -2.30. The van der Waals surface area contributed by atoms with Crippen LogP contribution in [0.4, 0.5) is 5.82 Å². The molecule has 0 saturated heterocycles. The Labute approximate surface area is 165 Å². The van der Waals surface area contributed by atoms with Crippen molar-refractivity contribution in [2.45, 2.75) is 69.6 Å². The molecule has 2 heterocycles. The number of aromatic hydroxyl groups is 1. The average Bonchev–Trinajstić information content (AvgIpc) is 3.56. The van der Waals surface area contributed by atoms with Crippen LogP contribution in [-0.4, -0.2) is 39.2 Å². The van der Waals surface area contributed by atoms with Crippen LogP contribution < -0.4 is 5.32 Å². The maximum absolute atomic E-state index is 10.6. The first-order chi connectivity index (χ1) is 13.7. The van der Waals surface area contributed by atoms with E-state index >= 15 is 0 Å². The molecule has 148 valence electrons. The number of ether oxygens (including phenoxy) is 1. The Hall–Kier alpha value is -2.18. The minimum atomic E-state index is -0.343. The zero-order valence-corrected chi connectivity index (χ0v) is 16.0. The van der Waals surface area contributed by atoms with Gasteiger partial charge in [0.25, 0.3) is 0 Å². The summed E-state index contributed by atoms with van der Waals surface area (Å²) in [5.74, 6) is 1.61. The zero-order chi connectivity index (χ0) is 19.1. The highest BCUT2D eigenvalue weighted by molar-refractivity contribution is 5.73. The number of nitrogens with one attached hydrogen (secondary N) is 1. The van der Waals surface area contributed by atoms with Crippen molar-refractivity contribution in [3.8, 4) is 17.0 Å². The second-order valence-corrected chi connectivity index (χ2v) is 8.31. The van der Waals surface area contributed by atoms with E-state index in [0.29, 0.717) is 30.4 Å². The molecule has 1 aromatic heterocycles. The Morgan fingerprint density at radius 2 is 1.89 bits per heavy atom. The highest BCUT2D eigenvalue weighted by Gasteiger charge is 2.28. The summed E-state index contributed by atoms with van der Waals surface area (Å²) in [6.07, 6.45) is 6.78. The molecule has 2 aromatic rings. The largest absolute Gasteiger partial charge is 0.507 e. The number of phenolic OH excluding ortho intramolecular Hbond substituents is 1. The van der Waals surface area contributed by atoms with Crippen LogP contribution in [0.5, 0.6) is 5.75 Å². The number of fused-ring (bicyclic) bond motifs is 1. The van der Waals surface area contributed by atoms with Crippen LogP contribution in [-0.2, 0) is 17.8 Å². The summed E-state index contributed by atoms with van der Waals surface area (Å²) in [4.78, 5) is 0. The van der Waals surface area contributed by atoms with E-state index in [1.165, 1.54) is 18.4 Å². The quantitative estimate of drug-likeness (QED) is 0.751. The smallest absolute Gasteiger partial charge is 0.152 e. The number of rotatable bonds is 4. The molecular weight excluding hydrogens is 354 g/mol. The molecule has 5 rings (SSSR count). The van der Waals surface area contributed by atoms with E-state index in [-0.39, 0.29) is 17.9 Å². The predicted molar refractivity (Wildman–Crippen MR) is 106 cm³/mol. The highest BCUT2D eigenvalue weighted by atomic mass is 16.5. The number of aromatic nitrogens is 2. The Morgan fingerprint density at radius 1 is 1.04 bits per heavy atom. The highest BCUT2D eigenvalue weighted by Crippen LogP contribution is 2.43. The Bertz CT molecular complexity index is 882. The number of hydrogen-bond donors (Lipinski definition) is 3. The third-order valence-corrected chi connectivity index (χ3v) is 6.31. The summed E-state index contributed by atoms with van der Waals surface area (Å²) >= 11 is 0. The second kappa shape index (κ2) is 7.33. The van der Waals surface area contributed by atoms with Crippen molar-refractivity contribution in [2.24, 2.45) is 0 Å². The number of anilines is 1. The van der Waals surface area contributed by atoms with E-state index in [4.69, 9.17) is 4.74 Å². The van der Waals surface area contributed by atoms with Gasteiger partial charge in [0.15, 0.2) is 5.82 Å². The van der Waals surface area contributed by atoms with Crippen LogP contribution in [0.2, 0.25) is 0 Å². The van der Waals surface area contributed by atoms with Gasteiger partial charge in [0.05, 0.1) is 25.4 Å². The molecule has 0 radical (unpaired) electrons. The van der Waals surface area contributed by atoms with E-state index in [9.17, 15) is 10.2 Å². The summed E-state index contributed by atoms with van der Waals surface area (Å²) in [7, 11) is 0. The first-order valence-electron chi connectivity index (χ1n) is 10.4. The number of benzene rings is 1. The fraction of sp³-hybridized carbons (Fsp3) is 0.545. The molecule has 28 heavy (non-hydrogen) atoms. The number of aliphatic hydroxyl groups is 1. The van der Waals surface area contributed by atoms with Crippen molar-refractivity contribution in [2.75, 3.05) is 11.9 Å². The molecule has 0 unspecified atom stereocenters. The molecule has 1 aromatic carbocycles. The molecule has 2 saturated carbocycles. The normalized spacial score (nSPS) is 24.6. The molecule has 3 N–H and O–H groups in total. The molecule has 2 fully saturated rings. The second-order valence-electron chi connectivity index (χ2n) is 8.31. The van der Waals surface area contributed by atoms with Gasteiger partial charge in [0.1, 0.15) is 11.4 Å². The number of nitrogens with zero attached hydrogens (tertiary/aromatic N) is 2. The molecule has 1 aliphatic heterocycles. The van der Waals surface area contributed by atoms with Crippen LogP contribution in [0.3, 0.4) is 0 Å².